The van der Waals surface area contributed by atoms with Gasteiger partial charge in [0, 0.05) is 22.2 Å². The fraction of sp³-hybridized carbons (Fsp3) is 0.357. The first kappa shape index (κ1) is 15.6. The predicted molar refractivity (Wildman–Crippen MR) is 84.9 cm³/mol. The Labute approximate surface area is 133 Å². The fourth-order valence-corrected chi connectivity index (χ4v) is 3.12. The van der Waals surface area contributed by atoms with Gasteiger partial charge in [-0.3, -0.25) is 4.68 Å². The molecule has 1 aromatic heterocycles. The summed E-state index contributed by atoms with van der Waals surface area (Å²) in [6.45, 7) is 2.89. The van der Waals surface area contributed by atoms with Gasteiger partial charge in [0.05, 0.1) is 23.0 Å². The number of benzene rings is 1. The van der Waals surface area contributed by atoms with Crippen molar-refractivity contribution in [2.45, 2.75) is 25.9 Å². The van der Waals surface area contributed by atoms with Crippen LogP contribution in [0, 0.1) is 0 Å². The Balaban J connectivity index is 2.55. The molecule has 0 aliphatic rings. The van der Waals surface area contributed by atoms with Gasteiger partial charge in [-0.05, 0) is 25.6 Å². The van der Waals surface area contributed by atoms with E-state index in [1.807, 2.05) is 29.9 Å². The van der Waals surface area contributed by atoms with E-state index in [4.69, 9.17) is 34.8 Å². The minimum atomic E-state index is -0.197. The normalized spacial score (nSPS) is 12.7. The third-order valence-corrected chi connectivity index (χ3v) is 4.07. The highest BCUT2D eigenvalue weighted by Gasteiger charge is 2.24. The zero-order chi connectivity index (χ0) is 14.7. The van der Waals surface area contributed by atoms with Gasteiger partial charge >= 0.3 is 0 Å². The van der Waals surface area contributed by atoms with Crippen LogP contribution in [0.25, 0.3) is 0 Å². The Hall–Kier alpha value is -0.740. The summed E-state index contributed by atoms with van der Waals surface area (Å²) < 4.78 is 1.89. The first-order valence-electron chi connectivity index (χ1n) is 6.42. The predicted octanol–water partition coefficient (Wildman–Crippen LogP) is 4.56. The van der Waals surface area contributed by atoms with Crippen LogP contribution in [0.1, 0.15) is 30.6 Å². The summed E-state index contributed by atoms with van der Waals surface area (Å²) in [6, 6.07) is 5.27. The molecule has 0 saturated carbocycles. The molecule has 0 saturated heterocycles. The first-order valence-corrected chi connectivity index (χ1v) is 7.55. The molecule has 1 unspecified atom stereocenters. The second kappa shape index (κ2) is 6.81. The van der Waals surface area contributed by atoms with Crippen molar-refractivity contribution in [3.63, 3.8) is 0 Å². The Morgan fingerprint density at radius 1 is 1.20 bits per heavy atom. The van der Waals surface area contributed by atoms with Gasteiger partial charge in [-0.1, -0.05) is 47.8 Å². The number of aryl methyl sites for hydroxylation is 1. The summed E-state index contributed by atoms with van der Waals surface area (Å²) >= 11 is 18.9. The Bertz CT molecular complexity index is 575. The number of halogens is 3. The van der Waals surface area contributed by atoms with Crippen LogP contribution in [-0.4, -0.2) is 16.8 Å². The molecule has 1 aromatic carbocycles. The summed E-state index contributed by atoms with van der Waals surface area (Å²) in [5.41, 5.74) is 1.70. The molecule has 0 amide bonds. The van der Waals surface area contributed by atoms with Crippen molar-refractivity contribution in [1.82, 2.24) is 15.1 Å². The topological polar surface area (TPSA) is 29.9 Å². The number of aromatic nitrogens is 2. The highest BCUT2D eigenvalue weighted by atomic mass is 35.5. The summed E-state index contributed by atoms with van der Waals surface area (Å²) in [6.07, 6.45) is 2.62. The molecule has 6 heteroatoms. The summed E-state index contributed by atoms with van der Waals surface area (Å²) in [4.78, 5) is 0. The highest BCUT2D eigenvalue weighted by Crippen LogP contribution is 2.36. The molecule has 1 N–H and O–H groups in total. The minimum Gasteiger partial charge on any atom is -0.308 e. The molecule has 0 fully saturated rings. The number of hydrogen-bond donors (Lipinski definition) is 1. The van der Waals surface area contributed by atoms with Crippen LogP contribution in [0.3, 0.4) is 0 Å². The van der Waals surface area contributed by atoms with Crippen LogP contribution in [0.5, 0.6) is 0 Å². The average Bonchev–Trinajstić information content (AvgIpc) is 2.76. The van der Waals surface area contributed by atoms with E-state index in [0.29, 0.717) is 15.1 Å². The molecule has 108 valence electrons. The van der Waals surface area contributed by atoms with E-state index < -0.39 is 0 Å². The van der Waals surface area contributed by atoms with Crippen molar-refractivity contribution in [2.75, 3.05) is 7.05 Å². The van der Waals surface area contributed by atoms with Crippen LogP contribution >= 0.6 is 34.8 Å². The van der Waals surface area contributed by atoms with Crippen molar-refractivity contribution >= 4 is 34.8 Å². The summed E-state index contributed by atoms with van der Waals surface area (Å²) in [5.74, 6) is 0. The Kier molecular flexibility index (Phi) is 5.33. The molecule has 0 spiro atoms. The average molecular weight is 333 g/mol. The number of rotatable bonds is 5. The lowest BCUT2D eigenvalue weighted by Gasteiger charge is -2.21. The molecule has 0 aliphatic carbocycles. The maximum absolute atomic E-state index is 6.30. The fourth-order valence-electron chi connectivity index (χ4n) is 2.25. The van der Waals surface area contributed by atoms with Crippen molar-refractivity contribution in [1.29, 1.82) is 0 Å². The standard InChI is InChI=1S/C14H16Cl3N3/c1-3-7-20-14(11(17)8-19-20)13(18-2)12-9(15)5-4-6-10(12)16/h4-6,8,13,18H,3,7H2,1-2H3. The molecular weight excluding hydrogens is 317 g/mol. The maximum atomic E-state index is 6.30. The molecule has 0 aliphatic heterocycles. The van der Waals surface area contributed by atoms with E-state index in [9.17, 15) is 0 Å². The smallest absolute Gasteiger partial charge is 0.0837 e. The minimum absolute atomic E-state index is 0.197. The van der Waals surface area contributed by atoms with E-state index in [0.717, 1.165) is 24.2 Å². The van der Waals surface area contributed by atoms with Gasteiger partial charge in [0.15, 0.2) is 0 Å². The lowest BCUT2D eigenvalue weighted by molar-refractivity contribution is 0.535. The van der Waals surface area contributed by atoms with Gasteiger partial charge < -0.3 is 5.32 Å². The molecule has 20 heavy (non-hydrogen) atoms. The zero-order valence-electron chi connectivity index (χ0n) is 11.3. The van der Waals surface area contributed by atoms with Gasteiger partial charge in [-0.2, -0.15) is 5.10 Å². The van der Waals surface area contributed by atoms with Crippen molar-refractivity contribution < 1.29 is 0 Å². The first-order chi connectivity index (χ1) is 9.60. The van der Waals surface area contributed by atoms with Gasteiger partial charge in [-0.15, -0.1) is 0 Å². The molecule has 1 heterocycles. The molecule has 2 rings (SSSR count). The zero-order valence-corrected chi connectivity index (χ0v) is 13.6. The third kappa shape index (κ3) is 2.96. The van der Waals surface area contributed by atoms with E-state index in [2.05, 4.69) is 17.3 Å². The van der Waals surface area contributed by atoms with Gasteiger partial charge in [0.2, 0.25) is 0 Å². The largest absolute Gasteiger partial charge is 0.308 e. The molecular formula is C14H16Cl3N3. The van der Waals surface area contributed by atoms with E-state index in [-0.39, 0.29) is 6.04 Å². The quantitative estimate of drug-likeness (QED) is 0.869. The lowest BCUT2D eigenvalue weighted by atomic mass is 10.0. The molecule has 0 bridgehead atoms. The Morgan fingerprint density at radius 2 is 1.85 bits per heavy atom. The molecule has 0 radical (unpaired) electrons. The van der Waals surface area contributed by atoms with E-state index in [1.165, 1.54) is 0 Å². The van der Waals surface area contributed by atoms with Gasteiger partial charge in [-0.25, -0.2) is 0 Å². The monoisotopic (exact) mass is 331 g/mol. The third-order valence-electron chi connectivity index (χ3n) is 3.12. The molecule has 3 nitrogen and oxygen atoms in total. The second-order valence-corrected chi connectivity index (χ2v) is 5.68. The van der Waals surface area contributed by atoms with Crippen LogP contribution in [0.15, 0.2) is 24.4 Å². The highest BCUT2D eigenvalue weighted by molar-refractivity contribution is 6.36. The van der Waals surface area contributed by atoms with Crippen LogP contribution in [0.2, 0.25) is 15.1 Å². The van der Waals surface area contributed by atoms with Crippen molar-refractivity contribution in [3.05, 3.63) is 50.7 Å². The lowest BCUT2D eigenvalue weighted by Crippen LogP contribution is -2.22. The molecule has 2 aromatic rings. The molecule has 1 atom stereocenters. The van der Waals surface area contributed by atoms with E-state index >= 15 is 0 Å². The van der Waals surface area contributed by atoms with Crippen molar-refractivity contribution in [2.24, 2.45) is 0 Å². The van der Waals surface area contributed by atoms with Gasteiger partial charge in [0.1, 0.15) is 0 Å². The number of nitrogens with one attached hydrogen (secondary N) is 1. The summed E-state index contributed by atoms with van der Waals surface area (Å²) in [7, 11) is 1.85. The van der Waals surface area contributed by atoms with Gasteiger partial charge in [0.25, 0.3) is 0 Å². The van der Waals surface area contributed by atoms with Crippen molar-refractivity contribution in [3.8, 4) is 0 Å². The number of hydrogen-bond acceptors (Lipinski definition) is 2. The second-order valence-electron chi connectivity index (χ2n) is 4.46. The number of nitrogens with zero attached hydrogens (tertiary/aromatic N) is 2. The van der Waals surface area contributed by atoms with E-state index in [1.54, 1.807) is 6.20 Å². The summed E-state index contributed by atoms with van der Waals surface area (Å²) in [5, 5.41) is 9.37. The van der Waals surface area contributed by atoms with Crippen LogP contribution < -0.4 is 5.32 Å². The SMILES string of the molecule is CCCn1ncc(Cl)c1C(NC)c1c(Cl)cccc1Cl. The van der Waals surface area contributed by atoms with Crippen LogP contribution in [0.4, 0.5) is 0 Å². The Morgan fingerprint density at radius 3 is 2.40 bits per heavy atom. The van der Waals surface area contributed by atoms with Crippen LogP contribution in [-0.2, 0) is 6.54 Å². The maximum Gasteiger partial charge on any atom is 0.0837 e.